The summed E-state index contributed by atoms with van der Waals surface area (Å²) in [6, 6.07) is 3.77. The molecule has 1 aliphatic carbocycles. The van der Waals surface area contributed by atoms with Gasteiger partial charge in [-0.3, -0.25) is 4.79 Å². The Morgan fingerprint density at radius 2 is 2.00 bits per heavy atom. The maximum absolute atomic E-state index is 13.1. The van der Waals surface area contributed by atoms with Crippen molar-refractivity contribution in [2.24, 2.45) is 11.8 Å². The summed E-state index contributed by atoms with van der Waals surface area (Å²) in [5.41, 5.74) is -1.03. The second-order valence-electron chi connectivity index (χ2n) is 5.52. The van der Waals surface area contributed by atoms with Crippen molar-refractivity contribution in [3.05, 3.63) is 33.8 Å². The van der Waals surface area contributed by atoms with Crippen LogP contribution in [0.4, 0.5) is 13.2 Å². The van der Waals surface area contributed by atoms with Gasteiger partial charge in [-0.25, -0.2) is 0 Å². The monoisotopic (exact) mass is 348 g/mol. The second-order valence-corrected chi connectivity index (χ2v) is 6.44. The molecule has 110 valence electrons. The van der Waals surface area contributed by atoms with Gasteiger partial charge in [-0.05, 0) is 37.0 Å². The van der Waals surface area contributed by atoms with Crippen molar-refractivity contribution in [1.29, 1.82) is 0 Å². The number of ketones is 1. The molecule has 0 saturated heterocycles. The number of rotatable bonds is 2. The molecular formula is C15H16BrF3O. The number of halogens is 4. The van der Waals surface area contributed by atoms with Gasteiger partial charge in [-0.1, -0.05) is 35.7 Å². The molecule has 1 nitrogen and oxygen atoms in total. The van der Waals surface area contributed by atoms with Crippen LogP contribution in [0, 0.1) is 11.8 Å². The lowest BCUT2D eigenvalue weighted by Crippen LogP contribution is -2.24. The zero-order chi connectivity index (χ0) is 14.9. The smallest absolute Gasteiger partial charge is 0.294 e. The molecule has 1 aromatic rings. The zero-order valence-corrected chi connectivity index (χ0v) is 12.7. The van der Waals surface area contributed by atoms with Crippen molar-refractivity contribution in [2.45, 2.75) is 38.8 Å². The Morgan fingerprint density at radius 3 is 2.60 bits per heavy atom. The third-order valence-electron chi connectivity index (χ3n) is 3.86. The number of carbonyl (C=O) groups is 1. The van der Waals surface area contributed by atoms with Crippen LogP contribution in [0.5, 0.6) is 0 Å². The van der Waals surface area contributed by atoms with Gasteiger partial charge >= 0.3 is 6.18 Å². The van der Waals surface area contributed by atoms with E-state index in [0.29, 0.717) is 23.2 Å². The number of Topliss-reactive ketones (excluding diaryl/α,β-unsaturated/α-hetero) is 1. The maximum atomic E-state index is 13.1. The lowest BCUT2D eigenvalue weighted by atomic mass is 9.78. The zero-order valence-electron chi connectivity index (χ0n) is 11.1. The molecule has 0 heterocycles. The third kappa shape index (κ3) is 3.43. The molecule has 0 aromatic heterocycles. The van der Waals surface area contributed by atoms with Gasteiger partial charge < -0.3 is 0 Å². The van der Waals surface area contributed by atoms with Crippen LogP contribution in [0.15, 0.2) is 22.7 Å². The van der Waals surface area contributed by atoms with Crippen molar-refractivity contribution in [2.75, 3.05) is 0 Å². The van der Waals surface area contributed by atoms with E-state index in [2.05, 4.69) is 15.9 Å². The first-order chi connectivity index (χ1) is 9.29. The SMILES string of the molecule is CC1CCCC(C(=O)c2ccc(Br)cc2C(F)(F)F)C1. The Balaban J connectivity index is 2.34. The van der Waals surface area contributed by atoms with E-state index >= 15 is 0 Å². The standard InChI is InChI=1S/C15H16BrF3O/c1-9-3-2-4-10(7-9)14(20)12-6-5-11(16)8-13(12)15(17,18)19/h5-6,8-10H,2-4,7H2,1H3. The highest BCUT2D eigenvalue weighted by atomic mass is 79.9. The Labute approximate surface area is 124 Å². The summed E-state index contributed by atoms with van der Waals surface area (Å²) in [5, 5.41) is 0. The summed E-state index contributed by atoms with van der Waals surface area (Å²) in [6.45, 7) is 2.05. The average molecular weight is 349 g/mol. The number of benzene rings is 1. The van der Waals surface area contributed by atoms with Gasteiger partial charge in [0.15, 0.2) is 5.78 Å². The maximum Gasteiger partial charge on any atom is 0.417 e. The first kappa shape index (κ1) is 15.5. The molecule has 0 aliphatic heterocycles. The Hall–Kier alpha value is -0.840. The van der Waals surface area contributed by atoms with Gasteiger partial charge in [-0.2, -0.15) is 13.2 Å². The molecule has 20 heavy (non-hydrogen) atoms. The van der Waals surface area contributed by atoms with Gasteiger partial charge in [0.2, 0.25) is 0 Å². The summed E-state index contributed by atoms with van der Waals surface area (Å²) in [4.78, 5) is 12.4. The van der Waals surface area contributed by atoms with Crippen LogP contribution in [0.3, 0.4) is 0 Å². The van der Waals surface area contributed by atoms with E-state index in [0.717, 1.165) is 18.9 Å². The van der Waals surface area contributed by atoms with Gasteiger partial charge in [-0.15, -0.1) is 0 Å². The molecule has 0 amide bonds. The number of hydrogen-bond donors (Lipinski definition) is 0. The molecule has 0 bridgehead atoms. The van der Waals surface area contributed by atoms with E-state index in [9.17, 15) is 18.0 Å². The minimum absolute atomic E-state index is 0.195. The van der Waals surface area contributed by atoms with Gasteiger partial charge in [0, 0.05) is 16.0 Å². The fourth-order valence-electron chi connectivity index (χ4n) is 2.86. The number of carbonyl (C=O) groups excluding carboxylic acids is 1. The largest absolute Gasteiger partial charge is 0.417 e. The van der Waals surface area contributed by atoms with Crippen LogP contribution in [0.25, 0.3) is 0 Å². The summed E-state index contributed by atoms with van der Waals surface area (Å²) < 4.78 is 39.5. The molecule has 1 aliphatic rings. The van der Waals surface area contributed by atoms with Gasteiger partial charge in [0.1, 0.15) is 0 Å². The van der Waals surface area contributed by atoms with Gasteiger partial charge in [0.05, 0.1) is 5.56 Å². The van der Waals surface area contributed by atoms with Crippen LogP contribution in [0.1, 0.15) is 48.5 Å². The molecule has 0 radical (unpaired) electrons. The van der Waals surface area contributed by atoms with E-state index < -0.39 is 11.7 Å². The molecule has 2 atom stereocenters. The van der Waals surface area contributed by atoms with E-state index in [1.54, 1.807) is 0 Å². The molecular weight excluding hydrogens is 333 g/mol. The Kier molecular flexibility index (Phi) is 4.57. The van der Waals surface area contributed by atoms with E-state index in [4.69, 9.17) is 0 Å². The fraction of sp³-hybridized carbons (Fsp3) is 0.533. The Bertz CT molecular complexity index is 510. The van der Waals surface area contributed by atoms with Crippen LogP contribution in [-0.4, -0.2) is 5.78 Å². The van der Waals surface area contributed by atoms with E-state index in [-0.39, 0.29) is 17.3 Å². The summed E-state index contributed by atoms with van der Waals surface area (Å²) in [7, 11) is 0. The highest BCUT2D eigenvalue weighted by molar-refractivity contribution is 9.10. The van der Waals surface area contributed by atoms with Crippen molar-refractivity contribution >= 4 is 21.7 Å². The highest BCUT2D eigenvalue weighted by Gasteiger charge is 2.37. The normalized spacial score (nSPS) is 23.6. The van der Waals surface area contributed by atoms with Gasteiger partial charge in [0.25, 0.3) is 0 Å². The quantitative estimate of drug-likeness (QED) is 0.647. The average Bonchev–Trinajstić information content (AvgIpc) is 2.37. The van der Waals surface area contributed by atoms with Crippen molar-refractivity contribution < 1.29 is 18.0 Å². The molecule has 0 N–H and O–H groups in total. The first-order valence-electron chi connectivity index (χ1n) is 6.70. The fourth-order valence-corrected chi connectivity index (χ4v) is 3.22. The lowest BCUT2D eigenvalue weighted by Gasteiger charge is -2.26. The van der Waals surface area contributed by atoms with Crippen LogP contribution < -0.4 is 0 Å². The van der Waals surface area contributed by atoms with Crippen molar-refractivity contribution in [3.63, 3.8) is 0 Å². The molecule has 2 unspecified atom stereocenters. The second kappa shape index (κ2) is 5.88. The minimum Gasteiger partial charge on any atom is -0.294 e. The topological polar surface area (TPSA) is 17.1 Å². The van der Waals surface area contributed by atoms with Crippen LogP contribution in [-0.2, 0) is 6.18 Å². The molecule has 1 fully saturated rings. The predicted molar refractivity (Wildman–Crippen MR) is 74.6 cm³/mol. The van der Waals surface area contributed by atoms with E-state index in [1.807, 2.05) is 6.92 Å². The summed E-state index contributed by atoms with van der Waals surface area (Å²) in [6.07, 6.45) is -1.16. The Morgan fingerprint density at radius 1 is 1.30 bits per heavy atom. The van der Waals surface area contributed by atoms with E-state index in [1.165, 1.54) is 12.1 Å². The minimum atomic E-state index is -4.50. The molecule has 5 heteroatoms. The summed E-state index contributed by atoms with van der Waals surface area (Å²) >= 11 is 3.03. The molecule has 1 aromatic carbocycles. The lowest BCUT2D eigenvalue weighted by molar-refractivity contribution is -0.138. The third-order valence-corrected chi connectivity index (χ3v) is 4.35. The predicted octanol–water partition coefficient (Wildman–Crippen LogP) is 5.48. The first-order valence-corrected chi connectivity index (χ1v) is 7.49. The number of alkyl halides is 3. The van der Waals surface area contributed by atoms with Crippen molar-refractivity contribution in [1.82, 2.24) is 0 Å². The molecule has 1 saturated carbocycles. The number of hydrogen-bond acceptors (Lipinski definition) is 1. The summed E-state index contributed by atoms with van der Waals surface area (Å²) in [5.74, 6) is -0.236. The van der Waals surface area contributed by atoms with Crippen LogP contribution >= 0.6 is 15.9 Å². The van der Waals surface area contributed by atoms with Crippen LogP contribution in [0.2, 0.25) is 0 Å². The molecule has 2 rings (SSSR count). The van der Waals surface area contributed by atoms with Crippen molar-refractivity contribution in [3.8, 4) is 0 Å². The molecule has 0 spiro atoms. The highest BCUT2D eigenvalue weighted by Crippen LogP contribution is 2.37.